The largest absolute Gasteiger partial charge is 0.504 e. The Kier molecular flexibility index (Phi) is 8.17. The topological polar surface area (TPSA) is 269 Å². The fourth-order valence-corrected chi connectivity index (χ4v) is 4.58. The number of hydrogen-bond acceptors (Lipinski definition) is 16. The molecule has 0 amide bonds. The number of aliphatic hydroxyl groups excluding tert-OH is 6. The van der Waals surface area contributed by atoms with Crippen molar-refractivity contribution in [3.05, 3.63) is 40.6 Å². The molecule has 0 unspecified atom stereocenters. The van der Waals surface area contributed by atoms with Crippen LogP contribution in [0.5, 0.6) is 28.7 Å². The lowest BCUT2D eigenvalue weighted by Gasteiger charge is -2.41. The standard InChI is InChI=1S/C26H28O16/c27-9-2-1-8(5-11(9)29)23-24(19(34)15-13(40-23)4-3-10(28)16(15)31)42-26-22(37)20(35)18(33)14(41-26)7-39-25-21(36)17(32)12(30)6-38-25/h1-5,12,14,17-18,20-22,25-33,35-37H,6-7H2/t12-,14+,17-,18+,20-,21+,22+,25-,26-/m0/s1. The van der Waals surface area contributed by atoms with E-state index in [2.05, 4.69) is 0 Å². The van der Waals surface area contributed by atoms with Crippen molar-refractivity contribution in [2.45, 2.75) is 55.3 Å². The van der Waals surface area contributed by atoms with E-state index in [4.69, 9.17) is 23.4 Å². The van der Waals surface area contributed by atoms with Gasteiger partial charge in [-0.3, -0.25) is 4.79 Å². The van der Waals surface area contributed by atoms with Gasteiger partial charge in [0.05, 0.1) is 13.2 Å². The molecule has 16 nitrogen and oxygen atoms in total. The smallest absolute Gasteiger partial charge is 0.239 e. The third-order valence-electron chi connectivity index (χ3n) is 6.99. The van der Waals surface area contributed by atoms with E-state index in [9.17, 15) is 55.9 Å². The minimum absolute atomic E-state index is 0.0122. The molecule has 10 N–H and O–H groups in total. The predicted molar refractivity (Wildman–Crippen MR) is 136 cm³/mol. The summed E-state index contributed by atoms with van der Waals surface area (Å²) in [7, 11) is 0. The molecule has 1 aromatic heterocycles. The zero-order chi connectivity index (χ0) is 30.5. The molecule has 5 rings (SSSR count). The van der Waals surface area contributed by atoms with Crippen molar-refractivity contribution >= 4 is 11.0 Å². The minimum Gasteiger partial charge on any atom is -0.504 e. The number of ether oxygens (including phenoxy) is 4. The fraction of sp³-hybridized carbons (Fsp3) is 0.423. The molecule has 3 heterocycles. The van der Waals surface area contributed by atoms with E-state index < -0.39 is 101 Å². The lowest BCUT2D eigenvalue weighted by molar-refractivity contribution is -0.307. The summed E-state index contributed by atoms with van der Waals surface area (Å²) < 4.78 is 27.5. The summed E-state index contributed by atoms with van der Waals surface area (Å²) in [5, 5.41) is 101. The normalized spacial score (nSPS) is 31.7. The van der Waals surface area contributed by atoms with Gasteiger partial charge in [0.25, 0.3) is 0 Å². The van der Waals surface area contributed by atoms with Crippen LogP contribution >= 0.6 is 0 Å². The molecular weight excluding hydrogens is 568 g/mol. The number of phenolic OH excluding ortho intramolecular Hbond substituents is 4. The summed E-state index contributed by atoms with van der Waals surface area (Å²) in [6.45, 7) is -0.977. The number of rotatable bonds is 6. The first kappa shape index (κ1) is 29.8. The third kappa shape index (κ3) is 5.31. The Labute approximate surface area is 235 Å². The monoisotopic (exact) mass is 596 g/mol. The maximum absolute atomic E-state index is 13.6. The van der Waals surface area contributed by atoms with Crippen LogP contribution in [0.2, 0.25) is 0 Å². The van der Waals surface area contributed by atoms with E-state index in [1.54, 1.807) is 0 Å². The van der Waals surface area contributed by atoms with Gasteiger partial charge in [0.1, 0.15) is 53.7 Å². The van der Waals surface area contributed by atoms with Crippen LogP contribution < -0.4 is 10.2 Å². The molecule has 42 heavy (non-hydrogen) atoms. The van der Waals surface area contributed by atoms with Gasteiger partial charge < -0.3 is 74.4 Å². The Hall–Kier alpha value is -3.71. The maximum atomic E-state index is 13.6. The summed E-state index contributed by atoms with van der Waals surface area (Å²) in [5.74, 6) is -3.69. The van der Waals surface area contributed by atoms with E-state index in [0.717, 1.165) is 18.2 Å². The zero-order valence-corrected chi connectivity index (χ0v) is 21.4. The summed E-state index contributed by atoms with van der Waals surface area (Å²) in [6, 6.07) is 5.60. The Morgan fingerprint density at radius 2 is 1.48 bits per heavy atom. The lowest BCUT2D eigenvalue weighted by atomic mass is 9.99. The highest BCUT2D eigenvalue weighted by molar-refractivity contribution is 5.89. The molecule has 2 aromatic carbocycles. The van der Waals surface area contributed by atoms with Crippen molar-refractivity contribution < 1.29 is 74.4 Å². The van der Waals surface area contributed by atoms with Gasteiger partial charge >= 0.3 is 0 Å². The van der Waals surface area contributed by atoms with E-state index in [-0.39, 0.29) is 23.5 Å². The summed E-state index contributed by atoms with van der Waals surface area (Å²) in [4.78, 5) is 13.6. The first-order valence-electron chi connectivity index (χ1n) is 12.6. The summed E-state index contributed by atoms with van der Waals surface area (Å²) >= 11 is 0. The quantitative estimate of drug-likeness (QED) is 0.137. The SMILES string of the molecule is O=c1c(O[C@@H]2O[C@H](CO[C@@H]3OC[C@H](O)[C@H](O)[C@H]3O)[C@@H](O)[C@H](O)[C@H]2O)c(-c2ccc(O)c(O)c2)oc2ccc(O)c(O)c12. The van der Waals surface area contributed by atoms with Crippen LogP contribution in [0.25, 0.3) is 22.3 Å². The highest BCUT2D eigenvalue weighted by atomic mass is 16.7. The Balaban J connectivity index is 1.49. The van der Waals surface area contributed by atoms with E-state index >= 15 is 0 Å². The Bertz CT molecular complexity index is 1510. The molecule has 2 fully saturated rings. The van der Waals surface area contributed by atoms with Crippen LogP contribution in [-0.2, 0) is 14.2 Å². The second-order valence-electron chi connectivity index (χ2n) is 9.82. The fourth-order valence-electron chi connectivity index (χ4n) is 4.58. The average molecular weight is 596 g/mol. The van der Waals surface area contributed by atoms with Gasteiger partial charge in [-0.15, -0.1) is 0 Å². The Morgan fingerprint density at radius 3 is 2.19 bits per heavy atom. The summed E-state index contributed by atoms with van der Waals surface area (Å²) in [5.41, 5.74) is -1.29. The van der Waals surface area contributed by atoms with Gasteiger partial charge in [0, 0.05) is 5.56 Å². The van der Waals surface area contributed by atoms with Crippen molar-refractivity contribution in [2.24, 2.45) is 0 Å². The first-order chi connectivity index (χ1) is 19.9. The number of hydrogen-bond donors (Lipinski definition) is 10. The molecule has 3 aromatic rings. The molecule has 2 aliphatic rings. The van der Waals surface area contributed by atoms with Gasteiger partial charge in [-0.1, -0.05) is 0 Å². The van der Waals surface area contributed by atoms with Gasteiger partial charge in [-0.25, -0.2) is 0 Å². The van der Waals surface area contributed by atoms with Gasteiger partial charge in [0.15, 0.2) is 35.0 Å². The number of aliphatic hydroxyl groups is 6. The summed E-state index contributed by atoms with van der Waals surface area (Å²) in [6.07, 6.45) is -15.1. The van der Waals surface area contributed by atoms with Gasteiger partial charge in [-0.05, 0) is 30.3 Å². The molecule has 2 aliphatic heterocycles. The number of benzene rings is 2. The van der Waals surface area contributed by atoms with Gasteiger partial charge in [0.2, 0.25) is 17.5 Å². The number of phenols is 4. The Morgan fingerprint density at radius 1 is 0.786 bits per heavy atom. The predicted octanol–water partition coefficient (Wildman–Crippen LogP) is -2.08. The lowest BCUT2D eigenvalue weighted by Crippen LogP contribution is -2.61. The van der Waals surface area contributed by atoms with Crippen molar-refractivity contribution in [3.63, 3.8) is 0 Å². The van der Waals surface area contributed by atoms with Crippen LogP contribution in [0.1, 0.15) is 0 Å². The van der Waals surface area contributed by atoms with E-state index in [1.807, 2.05) is 0 Å². The second kappa shape index (κ2) is 11.5. The maximum Gasteiger partial charge on any atom is 0.239 e. The molecular formula is C26H28O16. The molecule has 16 heteroatoms. The number of aromatic hydroxyl groups is 4. The molecule has 2 saturated heterocycles. The van der Waals surface area contributed by atoms with Crippen molar-refractivity contribution in [3.8, 4) is 40.1 Å². The second-order valence-corrected chi connectivity index (χ2v) is 9.82. The molecule has 9 atom stereocenters. The minimum atomic E-state index is -1.97. The van der Waals surface area contributed by atoms with Crippen LogP contribution in [-0.4, -0.2) is 120 Å². The molecule has 0 spiro atoms. The van der Waals surface area contributed by atoms with Crippen LogP contribution in [0.3, 0.4) is 0 Å². The van der Waals surface area contributed by atoms with E-state index in [0.29, 0.717) is 0 Å². The molecule has 0 bridgehead atoms. The third-order valence-corrected chi connectivity index (χ3v) is 6.99. The molecule has 0 radical (unpaired) electrons. The van der Waals surface area contributed by atoms with Crippen molar-refractivity contribution in [1.82, 2.24) is 0 Å². The molecule has 228 valence electrons. The van der Waals surface area contributed by atoms with Crippen molar-refractivity contribution in [1.29, 1.82) is 0 Å². The van der Waals surface area contributed by atoms with Crippen LogP contribution in [0, 0.1) is 0 Å². The van der Waals surface area contributed by atoms with Gasteiger partial charge in [-0.2, -0.15) is 0 Å². The van der Waals surface area contributed by atoms with Crippen molar-refractivity contribution in [2.75, 3.05) is 13.2 Å². The first-order valence-corrected chi connectivity index (χ1v) is 12.6. The zero-order valence-electron chi connectivity index (χ0n) is 21.4. The van der Waals surface area contributed by atoms with E-state index in [1.165, 1.54) is 12.1 Å². The highest BCUT2D eigenvalue weighted by Gasteiger charge is 2.47. The number of fused-ring (bicyclic) bond motifs is 1. The van der Waals surface area contributed by atoms with Crippen LogP contribution in [0.15, 0.2) is 39.5 Å². The van der Waals surface area contributed by atoms with Crippen LogP contribution in [0.4, 0.5) is 0 Å². The molecule has 0 aliphatic carbocycles. The highest BCUT2D eigenvalue weighted by Crippen LogP contribution is 2.40. The molecule has 0 saturated carbocycles. The average Bonchev–Trinajstić information content (AvgIpc) is 2.96.